The minimum absolute atomic E-state index is 0.146. The minimum Gasteiger partial charge on any atom is -0.496 e. The number of benzene rings is 2. The van der Waals surface area contributed by atoms with Gasteiger partial charge in [-0.3, -0.25) is 4.79 Å². The molecule has 0 bridgehead atoms. The molecular weight excluding hydrogens is 320 g/mol. The molecule has 0 unspecified atom stereocenters. The van der Waals surface area contributed by atoms with Crippen molar-refractivity contribution in [3.05, 3.63) is 58.1 Å². The van der Waals surface area contributed by atoms with Gasteiger partial charge in [0.05, 0.1) is 7.11 Å². The molecule has 3 N–H and O–H groups in total. The summed E-state index contributed by atoms with van der Waals surface area (Å²) in [5.74, 6) is 0.595. The number of ether oxygens (including phenoxy) is 1. The van der Waals surface area contributed by atoms with E-state index in [0.29, 0.717) is 17.8 Å². The van der Waals surface area contributed by atoms with Crippen molar-refractivity contribution in [2.75, 3.05) is 12.8 Å². The molecule has 104 valence electrons. The molecule has 0 atom stereocenters. The third-order valence-corrected chi connectivity index (χ3v) is 3.35. The zero-order chi connectivity index (χ0) is 14.5. The maximum atomic E-state index is 12.0. The van der Waals surface area contributed by atoms with Crippen molar-refractivity contribution < 1.29 is 9.53 Å². The summed E-state index contributed by atoms with van der Waals surface area (Å²) >= 11 is 3.40. The van der Waals surface area contributed by atoms with Gasteiger partial charge in [-0.1, -0.05) is 15.9 Å². The number of nitrogens with two attached hydrogens (primary N) is 1. The van der Waals surface area contributed by atoms with Crippen LogP contribution in [0.25, 0.3) is 0 Å². The number of hydrogen-bond acceptors (Lipinski definition) is 3. The van der Waals surface area contributed by atoms with E-state index in [1.165, 1.54) is 0 Å². The van der Waals surface area contributed by atoms with Crippen molar-refractivity contribution in [3.8, 4) is 5.75 Å². The topological polar surface area (TPSA) is 64.3 Å². The van der Waals surface area contributed by atoms with E-state index in [0.717, 1.165) is 15.8 Å². The standard InChI is InChI=1S/C15H15BrN2O2/c1-20-14-7-4-12(16)8-11(14)9-18-15(19)10-2-5-13(17)6-3-10/h2-8H,9,17H2,1H3,(H,18,19). The van der Waals surface area contributed by atoms with E-state index in [-0.39, 0.29) is 5.91 Å². The third-order valence-electron chi connectivity index (χ3n) is 2.85. The van der Waals surface area contributed by atoms with Crippen molar-refractivity contribution in [2.24, 2.45) is 0 Å². The molecule has 0 radical (unpaired) electrons. The van der Waals surface area contributed by atoms with E-state index < -0.39 is 0 Å². The van der Waals surface area contributed by atoms with Crippen LogP contribution in [0.2, 0.25) is 0 Å². The molecule has 0 saturated heterocycles. The van der Waals surface area contributed by atoms with Gasteiger partial charge >= 0.3 is 0 Å². The van der Waals surface area contributed by atoms with Gasteiger partial charge in [-0.05, 0) is 42.5 Å². The van der Waals surface area contributed by atoms with E-state index in [1.54, 1.807) is 31.4 Å². The number of amides is 1. The molecule has 4 nitrogen and oxygen atoms in total. The summed E-state index contributed by atoms with van der Waals surface area (Å²) in [6.07, 6.45) is 0. The molecule has 0 aliphatic rings. The van der Waals surface area contributed by atoms with E-state index in [4.69, 9.17) is 10.5 Å². The van der Waals surface area contributed by atoms with Gasteiger partial charge in [-0.2, -0.15) is 0 Å². The fraction of sp³-hybridized carbons (Fsp3) is 0.133. The number of halogens is 1. The van der Waals surface area contributed by atoms with Gasteiger partial charge in [-0.25, -0.2) is 0 Å². The predicted molar refractivity (Wildman–Crippen MR) is 82.7 cm³/mol. The molecule has 0 saturated carbocycles. The summed E-state index contributed by atoms with van der Waals surface area (Å²) < 4.78 is 6.21. The van der Waals surface area contributed by atoms with Crippen LogP contribution in [0.1, 0.15) is 15.9 Å². The zero-order valence-electron chi connectivity index (χ0n) is 11.0. The number of nitrogens with one attached hydrogen (secondary N) is 1. The maximum Gasteiger partial charge on any atom is 0.251 e. The fourth-order valence-electron chi connectivity index (χ4n) is 1.80. The summed E-state index contributed by atoms with van der Waals surface area (Å²) in [6, 6.07) is 12.5. The van der Waals surface area contributed by atoms with Gasteiger partial charge in [0.1, 0.15) is 5.75 Å². The van der Waals surface area contributed by atoms with Crippen LogP contribution in [0.4, 0.5) is 5.69 Å². The molecule has 0 aliphatic carbocycles. The quantitative estimate of drug-likeness (QED) is 0.845. The summed E-state index contributed by atoms with van der Waals surface area (Å²) in [5.41, 5.74) is 7.71. The fourth-order valence-corrected chi connectivity index (χ4v) is 2.21. The Bertz CT molecular complexity index is 612. The van der Waals surface area contributed by atoms with Gasteiger partial charge in [-0.15, -0.1) is 0 Å². The Balaban J connectivity index is 2.06. The van der Waals surface area contributed by atoms with Gasteiger partial charge in [0.15, 0.2) is 0 Å². The molecule has 20 heavy (non-hydrogen) atoms. The Labute approximate surface area is 126 Å². The number of hydrogen-bond donors (Lipinski definition) is 2. The maximum absolute atomic E-state index is 12.0. The van der Waals surface area contributed by atoms with Crippen molar-refractivity contribution in [1.29, 1.82) is 0 Å². The smallest absolute Gasteiger partial charge is 0.251 e. The Morgan fingerprint density at radius 3 is 2.60 bits per heavy atom. The van der Waals surface area contributed by atoms with E-state index in [1.807, 2.05) is 18.2 Å². The van der Waals surface area contributed by atoms with Crippen LogP contribution in [0.3, 0.4) is 0 Å². The highest BCUT2D eigenvalue weighted by Gasteiger charge is 2.08. The zero-order valence-corrected chi connectivity index (χ0v) is 12.6. The Morgan fingerprint density at radius 1 is 1.25 bits per heavy atom. The van der Waals surface area contributed by atoms with E-state index in [9.17, 15) is 4.79 Å². The predicted octanol–water partition coefficient (Wildman–Crippen LogP) is 2.97. The number of nitrogen functional groups attached to an aromatic ring is 1. The lowest BCUT2D eigenvalue weighted by atomic mass is 10.1. The van der Waals surface area contributed by atoms with Crippen molar-refractivity contribution >= 4 is 27.5 Å². The van der Waals surface area contributed by atoms with Crippen LogP contribution >= 0.6 is 15.9 Å². The molecular formula is C15H15BrN2O2. The van der Waals surface area contributed by atoms with Crippen LogP contribution in [0.5, 0.6) is 5.75 Å². The Morgan fingerprint density at radius 2 is 1.95 bits per heavy atom. The highest BCUT2D eigenvalue weighted by Crippen LogP contribution is 2.22. The molecule has 2 aromatic carbocycles. The van der Waals surface area contributed by atoms with Gasteiger partial charge in [0.25, 0.3) is 5.91 Å². The monoisotopic (exact) mass is 334 g/mol. The normalized spacial score (nSPS) is 10.1. The summed E-state index contributed by atoms with van der Waals surface area (Å²) in [4.78, 5) is 12.0. The van der Waals surface area contributed by atoms with Crippen LogP contribution in [-0.4, -0.2) is 13.0 Å². The number of carbonyl (C=O) groups is 1. The molecule has 2 rings (SSSR count). The first-order chi connectivity index (χ1) is 9.60. The average molecular weight is 335 g/mol. The molecule has 5 heteroatoms. The lowest BCUT2D eigenvalue weighted by Crippen LogP contribution is -2.23. The molecule has 0 spiro atoms. The van der Waals surface area contributed by atoms with Gasteiger partial charge < -0.3 is 15.8 Å². The first-order valence-electron chi connectivity index (χ1n) is 6.06. The first kappa shape index (κ1) is 14.4. The van der Waals surface area contributed by atoms with Crippen molar-refractivity contribution in [2.45, 2.75) is 6.54 Å². The molecule has 0 heterocycles. The van der Waals surface area contributed by atoms with Crippen LogP contribution in [0, 0.1) is 0 Å². The van der Waals surface area contributed by atoms with Crippen LogP contribution in [-0.2, 0) is 6.54 Å². The Kier molecular flexibility index (Phi) is 4.63. The Hall–Kier alpha value is -2.01. The summed E-state index contributed by atoms with van der Waals surface area (Å²) in [6.45, 7) is 0.395. The number of carbonyl (C=O) groups excluding carboxylic acids is 1. The first-order valence-corrected chi connectivity index (χ1v) is 6.85. The molecule has 1 amide bonds. The molecule has 0 aromatic heterocycles. The second-order valence-corrected chi connectivity index (χ2v) is 5.18. The van der Waals surface area contributed by atoms with Crippen molar-refractivity contribution in [1.82, 2.24) is 5.32 Å². The second-order valence-electron chi connectivity index (χ2n) is 4.26. The summed E-state index contributed by atoms with van der Waals surface area (Å²) in [5, 5.41) is 2.86. The number of methoxy groups -OCH3 is 1. The minimum atomic E-state index is -0.146. The molecule has 0 aliphatic heterocycles. The lowest BCUT2D eigenvalue weighted by molar-refractivity contribution is 0.0950. The van der Waals surface area contributed by atoms with Gasteiger partial charge in [0, 0.05) is 27.8 Å². The lowest BCUT2D eigenvalue weighted by Gasteiger charge is -2.10. The second kappa shape index (κ2) is 6.43. The van der Waals surface area contributed by atoms with E-state index >= 15 is 0 Å². The average Bonchev–Trinajstić information content (AvgIpc) is 2.45. The van der Waals surface area contributed by atoms with Crippen molar-refractivity contribution in [3.63, 3.8) is 0 Å². The van der Waals surface area contributed by atoms with Gasteiger partial charge in [0.2, 0.25) is 0 Å². The molecule has 0 fully saturated rings. The van der Waals surface area contributed by atoms with E-state index in [2.05, 4.69) is 21.2 Å². The highest BCUT2D eigenvalue weighted by molar-refractivity contribution is 9.10. The SMILES string of the molecule is COc1ccc(Br)cc1CNC(=O)c1ccc(N)cc1. The van der Waals surface area contributed by atoms with Crippen LogP contribution < -0.4 is 15.8 Å². The largest absolute Gasteiger partial charge is 0.496 e. The third kappa shape index (κ3) is 3.51. The summed E-state index contributed by atoms with van der Waals surface area (Å²) in [7, 11) is 1.61. The molecule has 2 aromatic rings. The number of anilines is 1. The number of rotatable bonds is 4. The van der Waals surface area contributed by atoms with Crippen LogP contribution in [0.15, 0.2) is 46.9 Å². The highest BCUT2D eigenvalue weighted by atomic mass is 79.9.